The summed E-state index contributed by atoms with van der Waals surface area (Å²) in [5.74, 6) is -0.960. The Hall–Kier alpha value is -4.87. The Labute approximate surface area is 278 Å². The molecule has 3 amide bonds. The third kappa shape index (κ3) is 8.79. The van der Waals surface area contributed by atoms with E-state index in [0.717, 1.165) is 42.9 Å². The van der Waals surface area contributed by atoms with Gasteiger partial charge in [0.2, 0.25) is 5.91 Å². The largest absolute Gasteiger partial charge is 0.483 e. The van der Waals surface area contributed by atoms with Crippen LogP contribution < -0.4 is 10.6 Å². The lowest BCUT2D eigenvalue weighted by atomic mass is 9.96. The Kier molecular flexibility index (Phi) is 12.1. The molecule has 2 saturated heterocycles. The van der Waals surface area contributed by atoms with Crippen LogP contribution in [0.3, 0.4) is 0 Å². The Morgan fingerprint density at radius 1 is 1.10 bits per heavy atom. The van der Waals surface area contributed by atoms with Gasteiger partial charge in [-0.3, -0.25) is 23.9 Å². The van der Waals surface area contributed by atoms with Crippen LogP contribution >= 0.6 is 0 Å². The molecule has 13 nitrogen and oxygen atoms in total. The van der Waals surface area contributed by atoms with E-state index in [0.29, 0.717) is 54.1 Å². The first-order valence-corrected chi connectivity index (χ1v) is 15.5. The van der Waals surface area contributed by atoms with Crippen molar-refractivity contribution in [1.82, 2.24) is 34.4 Å². The molecule has 49 heavy (non-hydrogen) atoms. The summed E-state index contributed by atoms with van der Waals surface area (Å²) in [6.45, 7) is 4.00. The lowest BCUT2D eigenvalue weighted by molar-refractivity contribution is -0.141. The average Bonchev–Trinajstić information content (AvgIpc) is 3.67. The fourth-order valence-electron chi connectivity index (χ4n) is 5.91. The molecule has 3 N–H and O–H groups in total. The van der Waals surface area contributed by atoms with E-state index in [4.69, 9.17) is 9.90 Å². The third-order valence-electron chi connectivity index (χ3n) is 8.36. The van der Waals surface area contributed by atoms with Crippen LogP contribution in [-0.2, 0) is 35.8 Å². The zero-order valence-corrected chi connectivity index (χ0v) is 26.8. The zero-order chi connectivity index (χ0) is 35.9. The summed E-state index contributed by atoms with van der Waals surface area (Å²) < 4.78 is 68.2. The van der Waals surface area contributed by atoms with Gasteiger partial charge in [0, 0.05) is 56.6 Å². The van der Waals surface area contributed by atoms with Gasteiger partial charge in [-0.05, 0) is 56.1 Å². The minimum atomic E-state index is -4.93. The number of alkyl halides is 5. The number of hydrogen-bond acceptors (Lipinski definition) is 7. The summed E-state index contributed by atoms with van der Waals surface area (Å²) in [6.07, 6.45) is -3.83. The van der Waals surface area contributed by atoms with Crippen molar-refractivity contribution in [2.75, 3.05) is 44.6 Å². The quantitative estimate of drug-likeness (QED) is 0.239. The summed E-state index contributed by atoms with van der Waals surface area (Å²) in [6, 6.07) is 4.82. The van der Waals surface area contributed by atoms with Crippen LogP contribution in [0, 0.1) is 5.92 Å². The number of carboxylic acid groups (broad SMARTS) is 1. The van der Waals surface area contributed by atoms with Crippen LogP contribution in [0.5, 0.6) is 0 Å². The van der Waals surface area contributed by atoms with Crippen LogP contribution in [0.1, 0.15) is 52.0 Å². The number of piperazine rings is 1. The molecule has 1 aromatic carbocycles. The number of aromatic nitrogens is 4. The minimum absolute atomic E-state index is 0.0182. The molecule has 4 heterocycles. The smallest absolute Gasteiger partial charge is 0.435 e. The fraction of sp³-hybridized carbons (Fsp3) is 0.484. The number of nitrogens with one attached hydrogen (secondary N) is 2. The van der Waals surface area contributed by atoms with Crippen LogP contribution in [-0.4, -0.2) is 104 Å². The number of benzene rings is 1. The Morgan fingerprint density at radius 3 is 2.33 bits per heavy atom. The Morgan fingerprint density at radius 2 is 1.73 bits per heavy atom. The number of carbonyl (C=O) groups is 4. The highest BCUT2D eigenvalue weighted by atomic mass is 19.4. The van der Waals surface area contributed by atoms with Crippen molar-refractivity contribution in [2.45, 2.75) is 45.3 Å². The molecule has 0 spiro atoms. The highest BCUT2D eigenvalue weighted by Crippen LogP contribution is 2.36. The van der Waals surface area contributed by atoms with Crippen LogP contribution in [0.15, 0.2) is 30.6 Å². The van der Waals surface area contributed by atoms with Crippen LogP contribution in [0.25, 0.3) is 11.3 Å². The lowest BCUT2D eigenvalue weighted by Crippen LogP contribution is -2.52. The number of hydrogen-bond donors (Lipinski definition) is 3. The fourth-order valence-corrected chi connectivity index (χ4v) is 5.91. The summed E-state index contributed by atoms with van der Waals surface area (Å²) in [7, 11) is 1.33. The molecule has 0 atom stereocenters. The predicted molar refractivity (Wildman–Crippen MR) is 166 cm³/mol. The van der Waals surface area contributed by atoms with Gasteiger partial charge in [0.05, 0.1) is 17.5 Å². The van der Waals surface area contributed by atoms with Crippen molar-refractivity contribution in [3.8, 4) is 11.3 Å². The second kappa shape index (κ2) is 16.0. The second-order valence-corrected chi connectivity index (χ2v) is 11.5. The first-order valence-electron chi connectivity index (χ1n) is 15.5. The maximum atomic E-state index is 13.7. The molecule has 2 aromatic heterocycles. The average molecular weight is 697 g/mol. The molecule has 18 heteroatoms. The zero-order valence-electron chi connectivity index (χ0n) is 26.8. The number of carbonyl (C=O) groups excluding carboxylic acids is 3. The van der Waals surface area contributed by atoms with Gasteiger partial charge < -0.3 is 30.1 Å². The molecule has 0 saturated carbocycles. The van der Waals surface area contributed by atoms with Crippen molar-refractivity contribution in [1.29, 1.82) is 0 Å². The molecule has 5 rings (SSSR count). The molecule has 2 fully saturated rings. The second-order valence-electron chi connectivity index (χ2n) is 11.5. The van der Waals surface area contributed by atoms with Crippen molar-refractivity contribution in [3.05, 3.63) is 53.2 Å². The molecule has 266 valence electrons. The topological polar surface area (TPSA) is 155 Å². The van der Waals surface area contributed by atoms with Gasteiger partial charge in [0.25, 0.3) is 24.7 Å². The standard InChI is InChI=1S/C30H35F5N8O3.CH2O2/c1-3-18-14-20(4-5-21(18)29(46)42-12-10-41(11-13-42)28(45)19-6-8-36-9-7-19)38-27(44)26-37-15-23(40(26)2)22-16-43(17-24(31)32)39-25(22)30(33,34)35;2-1-3/h4-5,14-16,19,24,36H,3,6-13,17H2,1-2H3,(H,38,44);1H,(H,2,3). The Balaban J connectivity index is 0.00000174. The number of piperidine rings is 1. The maximum Gasteiger partial charge on any atom is 0.435 e. The molecule has 0 radical (unpaired) electrons. The van der Waals surface area contributed by atoms with E-state index >= 15 is 0 Å². The number of nitrogens with zero attached hydrogens (tertiary/aromatic N) is 6. The number of amides is 3. The maximum absolute atomic E-state index is 13.7. The molecule has 0 aliphatic carbocycles. The summed E-state index contributed by atoms with van der Waals surface area (Å²) in [5.41, 5.74) is -0.497. The molecule has 0 unspecified atom stereocenters. The normalized spacial score (nSPS) is 15.5. The summed E-state index contributed by atoms with van der Waals surface area (Å²) >= 11 is 0. The van der Waals surface area contributed by atoms with E-state index < -0.39 is 36.3 Å². The van der Waals surface area contributed by atoms with Gasteiger partial charge in [0.1, 0.15) is 6.54 Å². The van der Waals surface area contributed by atoms with E-state index in [1.165, 1.54) is 7.05 Å². The van der Waals surface area contributed by atoms with Gasteiger partial charge in [-0.2, -0.15) is 18.3 Å². The van der Waals surface area contributed by atoms with Crippen molar-refractivity contribution in [3.63, 3.8) is 0 Å². The lowest BCUT2D eigenvalue weighted by Gasteiger charge is -2.37. The molecule has 0 bridgehead atoms. The highest BCUT2D eigenvalue weighted by molar-refractivity contribution is 6.03. The molecule has 2 aliphatic heterocycles. The van der Waals surface area contributed by atoms with Crippen molar-refractivity contribution in [2.24, 2.45) is 13.0 Å². The van der Waals surface area contributed by atoms with Gasteiger partial charge in [-0.25, -0.2) is 13.8 Å². The monoisotopic (exact) mass is 696 g/mol. The Bertz CT molecular complexity index is 1640. The number of anilines is 1. The number of aryl methyl sites for hydroxylation is 1. The van der Waals surface area contributed by atoms with Crippen LogP contribution in [0.2, 0.25) is 0 Å². The molecular formula is C31H37F5N8O5. The first-order chi connectivity index (χ1) is 23.3. The number of halogens is 5. The molecule has 2 aliphatic rings. The molecular weight excluding hydrogens is 659 g/mol. The highest BCUT2D eigenvalue weighted by Gasteiger charge is 2.39. The van der Waals surface area contributed by atoms with E-state index in [1.54, 1.807) is 23.1 Å². The van der Waals surface area contributed by atoms with Gasteiger partial charge in [-0.15, -0.1) is 0 Å². The van der Waals surface area contributed by atoms with Gasteiger partial charge >= 0.3 is 6.18 Å². The molecule has 3 aromatic rings. The third-order valence-corrected chi connectivity index (χ3v) is 8.36. The van der Waals surface area contributed by atoms with Crippen molar-refractivity contribution >= 4 is 29.9 Å². The SMILES string of the molecule is CCc1cc(NC(=O)c2ncc(-c3cn(CC(F)F)nc3C(F)(F)F)n2C)ccc1C(=O)N1CCN(C(=O)C2CCNCC2)CC1.O=CO. The van der Waals surface area contributed by atoms with E-state index in [-0.39, 0.29) is 35.7 Å². The minimum Gasteiger partial charge on any atom is -0.483 e. The van der Waals surface area contributed by atoms with Gasteiger partial charge in [0.15, 0.2) is 11.5 Å². The van der Waals surface area contributed by atoms with E-state index in [9.17, 15) is 36.3 Å². The van der Waals surface area contributed by atoms with E-state index in [2.05, 4.69) is 20.7 Å². The first kappa shape index (κ1) is 37.0. The van der Waals surface area contributed by atoms with Gasteiger partial charge in [-0.1, -0.05) is 6.92 Å². The number of imidazole rings is 1. The summed E-state index contributed by atoms with van der Waals surface area (Å²) in [5, 5.41) is 16.1. The van der Waals surface area contributed by atoms with E-state index in [1.807, 2.05) is 11.8 Å². The predicted octanol–water partition coefficient (Wildman–Crippen LogP) is 3.37. The summed E-state index contributed by atoms with van der Waals surface area (Å²) in [4.78, 5) is 55.4. The van der Waals surface area contributed by atoms with Crippen LogP contribution in [0.4, 0.5) is 27.6 Å². The van der Waals surface area contributed by atoms with Crippen molar-refractivity contribution < 1.29 is 46.2 Å². The number of rotatable bonds is 8.